The Kier molecular flexibility index (Phi) is 3.98. The van der Waals surface area contributed by atoms with Crippen LogP contribution in [0.3, 0.4) is 0 Å². The number of carboxylic acid groups (broad SMARTS) is 1. The minimum Gasteiger partial charge on any atom is -0.480 e. The van der Waals surface area contributed by atoms with Crippen LogP contribution in [0.25, 0.3) is 0 Å². The first-order chi connectivity index (χ1) is 8.15. The molecule has 1 fully saturated rings. The van der Waals surface area contributed by atoms with Gasteiger partial charge in [0.2, 0.25) is 5.16 Å². The number of aromatic nitrogens is 4. The molecule has 94 valence electrons. The summed E-state index contributed by atoms with van der Waals surface area (Å²) in [5.74, 6) is -0.113. The van der Waals surface area contributed by atoms with Gasteiger partial charge >= 0.3 is 5.97 Å². The summed E-state index contributed by atoms with van der Waals surface area (Å²) in [4.78, 5) is 10.6. The van der Waals surface area contributed by atoms with Crippen LogP contribution in [0.2, 0.25) is 0 Å². The van der Waals surface area contributed by atoms with E-state index in [9.17, 15) is 4.79 Å². The molecule has 7 heteroatoms. The van der Waals surface area contributed by atoms with Crippen LogP contribution in [0.4, 0.5) is 0 Å². The lowest BCUT2D eigenvalue weighted by atomic mass is 9.91. The lowest BCUT2D eigenvalue weighted by Crippen LogP contribution is -2.16. The Morgan fingerprint density at radius 2 is 2.18 bits per heavy atom. The summed E-state index contributed by atoms with van der Waals surface area (Å²) in [5, 5.41) is 21.0. The van der Waals surface area contributed by atoms with E-state index in [1.54, 1.807) is 11.8 Å². The van der Waals surface area contributed by atoms with Crippen LogP contribution >= 0.6 is 11.8 Å². The number of tetrazole rings is 1. The number of rotatable bonds is 4. The van der Waals surface area contributed by atoms with E-state index in [0.717, 1.165) is 18.8 Å². The molecule has 1 saturated carbocycles. The molecule has 0 radical (unpaired) electrons. The summed E-state index contributed by atoms with van der Waals surface area (Å²) < 4.78 is 1.35. The van der Waals surface area contributed by atoms with Gasteiger partial charge in [-0.1, -0.05) is 18.7 Å². The first-order valence-electron chi connectivity index (χ1n) is 5.79. The Balaban J connectivity index is 1.94. The molecule has 0 aromatic carbocycles. The van der Waals surface area contributed by atoms with Crippen molar-refractivity contribution in [2.24, 2.45) is 5.92 Å². The zero-order chi connectivity index (χ0) is 12.3. The van der Waals surface area contributed by atoms with Gasteiger partial charge in [-0.15, -0.1) is 5.10 Å². The van der Waals surface area contributed by atoms with E-state index in [2.05, 4.69) is 22.4 Å². The van der Waals surface area contributed by atoms with Gasteiger partial charge < -0.3 is 5.11 Å². The van der Waals surface area contributed by atoms with Gasteiger partial charge in [0.25, 0.3) is 0 Å². The molecule has 0 atom stereocenters. The van der Waals surface area contributed by atoms with E-state index in [1.165, 1.54) is 17.5 Å². The molecule has 1 aromatic heterocycles. The van der Waals surface area contributed by atoms with Crippen LogP contribution < -0.4 is 0 Å². The summed E-state index contributed by atoms with van der Waals surface area (Å²) in [5.41, 5.74) is 0. The average molecular weight is 256 g/mol. The van der Waals surface area contributed by atoms with E-state index in [1.807, 2.05) is 0 Å². The molecule has 0 spiro atoms. The minimum atomic E-state index is -0.920. The summed E-state index contributed by atoms with van der Waals surface area (Å²) in [6.45, 7) is 2.10. The van der Waals surface area contributed by atoms with Crippen molar-refractivity contribution in [1.82, 2.24) is 20.2 Å². The zero-order valence-electron chi connectivity index (χ0n) is 9.74. The molecule has 0 bridgehead atoms. The number of carbonyl (C=O) groups is 1. The third-order valence-corrected chi connectivity index (χ3v) is 4.33. The highest BCUT2D eigenvalue weighted by Gasteiger charge is 2.22. The fourth-order valence-corrected chi connectivity index (χ4v) is 3.12. The van der Waals surface area contributed by atoms with Crippen molar-refractivity contribution < 1.29 is 9.90 Å². The quantitative estimate of drug-likeness (QED) is 0.877. The van der Waals surface area contributed by atoms with E-state index in [0.29, 0.717) is 10.4 Å². The monoisotopic (exact) mass is 256 g/mol. The highest BCUT2D eigenvalue weighted by atomic mass is 32.2. The molecule has 2 rings (SSSR count). The van der Waals surface area contributed by atoms with Gasteiger partial charge in [0.1, 0.15) is 6.54 Å². The Hall–Kier alpha value is -1.11. The number of aliphatic carboxylic acids is 1. The fraction of sp³-hybridized carbons (Fsp3) is 0.800. The number of hydrogen-bond donors (Lipinski definition) is 1. The fourth-order valence-electron chi connectivity index (χ4n) is 2.00. The smallest absolute Gasteiger partial charge is 0.325 e. The van der Waals surface area contributed by atoms with Crippen molar-refractivity contribution in [2.45, 2.75) is 49.6 Å². The van der Waals surface area contributed by atoms with Crippen LogP contribution in [-0.4, -0.2) is 36.5 Å². The second-order valence-electron chi connectivity index (χ2n) is 4.51. The molecular weight excluding hydrogens is 240 g/mol. The topological polar surface area (TPSA) is 80.9 Å². The zero-order valence-corrected chi connectivity index (χ0v) is 10.6. The molecule has 1 aliphatic rings. The van der Waals surface area contributed by atoms with E-state index in [4.69, 9.17) is 5.11 Å². The molecule has 1 aliphatic carbocycles. The largest absolute Gasteiger partial charge is 0.480 e. The molecule has 17 heavy (non-hydrogen) atoms. The van der Waals surface area contributed by atoms with Crippen molar-refractivity contribution in [2.75, 3.05) is 0 Å². The normalized spacial score (nSPS) is 24.8. The molecule has 6 nitrogen and oxygen atoms in total. The molecule has 1 heterocycles. The van der Waals surface area contributed by atoms with Gasteiger partial charge in [-0.2, -0.15) is 0 Å². The van der Waals surface area contributed by atoms with Crippen molar-refractivity contribution >= 4 is 17.7 Å². The highest BCUT2D eigenvalue weighted by Crippen LogP contribution is 2.34. The molecule has 0 unspecified atom stereocenters. The Labute approximate surface area is 104 Å². The first kappa shape index (κ1) is 12.3. The molecule has 1 aromatic rings. The minimum absolute atomic E-state index is 0.168. The number of thioether (sulfide) groups is 1. The Morgan fingerprint density at radius 3 is 2.82 bits per heavy atom. The summed E-state index contributed by atoms with van der Waals surface area (Å²) in [7, 11) is 0. The number of nitrogens with zero attached hydrogens (tertiary/aromatic N) is 4. The van der Waals surface area contributed by atoms with Gasteiger partial charge in [0.05, 0.1) is 0 Å². The molecule has 1 N–H and O–H groups in total. The first-order valence-corrected chi connectivity index (χ1v) is 6.67. The van der Waals surface area contributed by atoms with Crippen LogP contribution in [0.15, 0.2) is 5.16 Å². The van der Waals surface area contributed by atoms with Gasteiger partial charge in [-0.25, -0.2) is 4.68 Å². The van der Waals surface area contributed by atoms with E-state index in [-0.39, 0.29) is 6.54 Å². The third-order valence-electron chi connectivity index (χ3n) is 3.02. The molecule has 0 saturated heterocycles. The lowest BCUT2D eigenvalue weighted by molar-refractivity contribution is -0.138. The Bertz CT molecular complexity index is 387. The summed E-state index contributed by atoms with van der Waals surface area (Å²) >= 11 is 1.61. The maximum Gasteiger partial charge on any atom is 0.325 e. The van der Waals surface area contributed by atoms with Gasteiger partial charge in [0, 0.05) is 5.25 Å². The van der Waals surface area contributed by atoms with Gasteiger partial charge in [0.15, 0.2) is 0 Å². The maximum absolute atomic E-state index is 10.6. The van der Waals surface area contributed by atoms with Crippen LogP contribution in [-0.2, 0) is 11.3 Å². The van der Waals surface area contributed by atoms with Crippen molar-refractivity contribution in [3.63, 3.8) is 0 Å². The van der Waals surface area contributed by atoms with E-state index >= 15 is 0 Å². The highest BCUT2D eigenvalue weighted by molar-refractivity contribution is 7.99. The maximum atomic E-state index is 10.6. The standard InChI is InChI=1S/C10H16N4O2S/c1-7-2-4-8(5-3-7)17-10-11-12-13-14(10)6-9(15)16/h7-8H,2-6H2,1H3,(H,15,16). The lowest BCUT2D eigenvalue weighted by Gasteiger charge is -2.24. The predicted octanol–water partition coefficient (Wildman–Crippen LogP) is 1.43. The second kappa shape index (κ2) is 5.48. The second-order valence-corrected chi connectivity index (χ2v) is 5.78. The number of hydrogen-bond acceptors (Lipinski definition) is 5. The van der Waals surface area contributed by atoms with Crippen LogP contribution in [0.1, 0.15) is 32.6 Å². The van der Waals surface area contributed by atoms with Gasteiger partial charge in [-0.05, 0) is 42.0 Å². The van der Waals surface area contributed by atoms with Crippen LogP contribution in [0, 0.1) is 5.92 Å². The van der Waals surface area contributed by atoms with E-state index < -0.39 is 5.97 Å². The number of carboxylic acids is 1. The Morgan fingerprint density at radius 1 is 1.47 bits per heavy atom. The van der Waals surface area contributed by atoms with Crippen molar-refractivity contribution in [3.8, 4) is 0 Å². The molecular formula is C10H16N4O2S. The SMILES string of the molecule is CC1CCC(Sc2nnnn2CC(=O)O)CC1. The average Bonchev–Trinajstić information content (AvgIpc) is 2.68. The van der Waals surface area contributed by atoms with Crippen LogP contribution in [0.5, 0.6) is 0 Å². The summed E-state index contributed by atoms with van der Waals surface area (Å²) in [6.07, 6.45) is 4.79. The third kappa shape index (κ3) is 3.42. The van der Waals surface area contributed by atoms with Crippen molar-refractivity contribution in [3.05, 3.63) is 0 Å². The van der Waals surface area contributed by atoms with Gasteiger partial charge in [-0.3, -0.25) is 4.79 Å². The molecule has 0 aliphatic heterocycles. The summed E-state index contributed by atoms with van der Waals surface area (Å²) in [6, 6.07) is 0. The predicted molar refractivity (Wildman–Crippen MR) is 62.7 cm³/mol. The van der Waals surface area contributed by atoms with Crippen molar-refractivity contribution in [1.29, 1.82) is 0 Å². The molecule has 0 amide bonds.